The van der Waals surface area contributed by atoms with E-state index in [9.17, 15) is 4.79 Å². The zero-order valence-corrected chi connectivity index (χ0v) is 15.0. The van der Waals surface area contributed by atoms with Crippen LogP contribution < -0.4 is 19.1 Å². The van der Waals surface area contributed by atoms with E-state index in [0.717, 1.165) is 17.5 Å². The highest BCUT2D eigenvalue weighted by Gasteiger charge is 2.27. The van der Waals surface area contributed by atoms with Crippen LogP contribution in [0.4, 0.5) is 5.69 Å². The number of fused-ring (bicyclic) bond motifs is 2. The first-order valence-electron chi connectivity index (χ1n) is 8.39. The van der Waals surface area contributed by atoms with Crippen molar-refractivity contribution in [1.82, 2.24) is 4.98 Å². The van der Waals surface area contributed by atoms with Crippen molar-refractivity contribution < 1.29 is 19.0 Å². The lowest BCUT2D eigenvalue weighted by molar-refractivity contribution is 0.0985. The third-order valence-corrected chi connectivity index (χ3v) is 4.78. The van der Waals surface area contributed by atoms with Crippen LogP contribution in [0, 0.1) is 0 Å². The normalized spacial score (nSPS) is 13.0. The molecule has 1 amide bonds. The lowest BCUT2D eigenvalue weighted by Gasteiger charge is -2.16. The third kappa shape index (κ3) is 2.37. The molecule has 4 rings (SSSR count). The van der Waals surface area contributed by atoms with E-state index in [4.69, 9.17) is 14.2 Å². The molecule has 1 aromatic heterocycles. The number of nitrogens with one attached hydrogen (secondary N) is 1. The summed E-state index contributed by atoms with van der Waals surface area (Å²) in [6, 6.07) is 11.7. The van der Waals surface area contributed by atoms with Gasteiger partial charge in [0.05, 0.1) is 26.8 Å². The minimum atomic E-state index is -0.0638. The standard InChI is InChI=1S/C20H20N2O4/c1-24-16-11-13-10-14(21-17(13)19(26-3)18(16)25-2)20(23)22-9-8-12-6-4-5-7-15(12)22/h4-7,10-11,21H,8-9H2,1-3H3. The van der Waals surface area contributed by atoms with Crippen LogP contribution in [0.1, 0.15) is 16.1 Å². The Morgan fingerprint density at radius 3 is 2.54 bits per heavy atom. The van der Waals surface area contributed by atoms with Gasteiger partial charge in [-0.05, 0) is 30.2 Å². The first kappa shape index (κ1) is 16.3. The van der Waals surface area contributed by atoms with Crippen LogP contribution in [0.25, 0.3) is 10.9 Å². The Bertz CT molecular complexity index is 993. The van der Waals surface area contributed by atoms with E-state index in [1.165, 1.54) is 5.56 Å². The quantitative estimate of drug-likeness (QED) is 0.782. The van der Waals surface area contributed by atoms with Crippen LogP contribution >= 0.6 is 0 Å². The first-order valence-corrected chi connectivity index (χ1v) is 8.39. The number of carbonyl (C=O) groups is 1. The molecule has 1 aliphatic heterocycles. The molecule has 6 nitrogen and oxygen atoms in total. The van der Waals surface area contributed by atoms with Crippen LogP contribution in [0.2, 0.25) is 0 Å². The number of carbonyl (C=O) groups excluding carboxylic acids is 1. The van der Waals surface area contributed by atoms with Gasteiger partial charge in [0.2, 0.25) is 5.75 Å². The molecule has 6 heteroatoms. The molecule has 26 heavy (non-hydrogen) atoms. The van der Waals surface area contributed by atoms with Gasteiger partial charge in [0.1, 0.15) is 5.69 Å². The number of H-pyrrole nitrogens is 1. The average molecular weight is 352 g/mol. The van der Waals surface area contributed by atoms with Gasteiger partial charge in [-0.15, -0.1) is 0 Å². The number of benzene rings is 2. The number of amides is 1. The summed E-state index contributed by atoms with van der Waals surface area (Å²) in [5.74, 6) is 1.50. The second kappa shape index (κ2) is 6.29. The van der Waals surface area contributed by atoms with Crippen molar-refractivity contribution >= 4 is 22.5 Å². The van der Waals surface area contributed by atoms with Crippen LogP contribution in [-0.2, 0) is 6.42 Å². The molecule has 0 unspecified atom stereocenters. The smallest absolute Gasteiger partial charge is 0.274 e. The molecule has 0 bridgehead atoms. The Morgan fingerprint density at radius 1 is 1.04 bits per heavy atom. The van der Waals surface area contributed by atoms with Crippen molar-refractivity contribution in [2.24, 2.45) is 0 Å². The van der Waals surface area contributed by atoms with Gasteiger partial charge in [0.15, 0.2) is 11.5 Å². The molecular weight excluding hydrogens is 332 g/mol. The Kier molecular flexibility index (Phi) is 3.95. The fourth-order valence-electron chi connectivity index (χ4n) is 3.55. The number of methoxy groups -OCH3 is 3. The zero-order chi connectivity index (χ0) is 18.3. The number of hydrogen-bond acceptors (Lipinski definition) is 4. The SMILES string of the molecule is COc1cc2cc(C(=O)N3CCc4ccccc43)[nH]c2c(OC)c1OC. The average Bonchev–Trinajstić information content (AvgIpc) is 3.29. The molecule has 1 N–H and O–H groups in total. The maximum Gasteiger partial charge on any atom is 0.274 e. The molecule has 0 radical (unpaired) electrons. The summed E-state index contributed by atoms with van der Waals surface area (Å²) in [5.41, 5.74) is 3.38. The summed E-state index contributed by atoms with van der Waals surface area (Å²) in [4.78, 5) is 18.1. The van der Waals surface area contributed by atoms with Crippen LogP contribution in [0.15, 0.2) is 36.4 Å². The fraction of sp³-hybridized carbons (Fsp3) is 0.250. The number of nitrogens with zero attached hydrogens (tertiary/aromatic N) is 1. The molecule has 134 valence electrons. The predicted molar refractivity (Wildman–Crippen MR) is 99.8 cm³/mol. The van der Waals surface area contributed by atoms with Crippen LogP contribution in [0.3, 0.4) is 0 Å². The van der Waals surface area contributed by atoms with Crippen molar-refractivity contribution in [3.05, 3.63) is 47.7 Å². The largest absolute Gasteiger partial charge is 0.493 e. The van der Waals surface area contributed by atoms with Crippen molar-refractivity contribution in [2.45, 2.75) is 6.42 Å². The molecule has 3 aromatic rings. The molecule has 0 spiro atoms. The van der Waals surface area contributed by atoms with Gasteiger partial charge in [-0.1, -0.05) is 18.2 Å². The van der Waals surface area contributed by atoms with Gasteiger partial charge in [0.25, 0.3) is 5.91 Å². The van der Waals surface area contributed by atoms with Crippen molar-refractivity contribution in [2.75, 3.05) is 32.8 Å². The molecule has 0 fully saturated rings. The van der Waals surface area contributed by atoms with Crippen molar-refractivity contribution in [3.8, 4) is 17.2 Å². The Morgan fingerprint density at radius 2 is 1.81 bits per heavy atom. The maximum absolute atomic E-state index is 13.1. The minimum Gasteiger partial charge on any atom is -0.493 e. The van der Waals surface area contributed by atoms with E-state index < -0.39 is 0 Å². The summed E-state index contributed by atoms with van der Waals surface area (Å²) >= 11 is 0. The van der Waals surface area contributed by atoms with Gasteiger partial charge in [-0.2, -0.15) is 0 Å². The molecular formula is C20H20N2O4. The molecule has 0 aliphatic carbocycles. The first-order chi connectivity index (χ1) is 12.7. The third-order valence-electron chi connectivity index (χ3n) is 4.78. The predicted octanol–water partition coefficient (Wildman–Crippen LogP) is 3.40. The lowest BCUT2D eigenvalue weighted by atomic mass is 10.2. The maximum atomic E-state index is 13.1. The Labute approximate surface area is 151 Å². The highest BCUT2D eigenvalue weighted by Crippen LogP contribution is 2.43. The lowest BCUT2D eigenvalue weighted by Crippen LogP contribution is -2.29. The highest BCUT2D eigenvalue weighted by atomic mass is 16.5. The molecule has 2 heterocycles. The van der Waals surface area contributed by atoms with Gasteiger partial charge >= 0.3 is 0 Å². The number of ether oxygens (including phenoxy) is 3. The van der Waals surface area contributed by atoms with Gasteiger partial charge in [-0.3, -0.25) is 4.79 Å². The van der Waals surface area contributed by atoms with Crippen LogP contribution in [0.5, 0.6) is 17.2 Å². The minimum absolute atomic E-state index is 0.0638. The number of para-hydroxylation sites is 1. The summed E-state index contributed by atoms with van der Waals surface area (Å²) in [6.07, 6.45) is 0.868. The number of aromatic nitrogens is 1. The van der Waals surface area contributed by atoms with Crippen molar-refractivity contribution in [1.29, 1.82) is 0 Å². The molecule has 0 saturated carbocycles. The number of aromatic amines is 1. The second-order valence-corrected chi connectivity index (χ2v) is 6.13. The molecule has 2 aromatic carbocycles. The van der Waals surface area contributed by atoms with Crippen LogP contribution in [-0.4, -0.2) is 38.8 Å². The Balaban J connectivity index is 1.80. The number of hydrogen-bond donors (Lipinski definition) is 1. The van der Waals surface area contributed by atoms with E-state index in [0.29, 0.717) is 35.0 Å². The van der Waals surface area contributed by atoms with Gasteiger partial charge in [0, 0.05) is 17.6 Å². The van der Waals surface area contributed by atoms with Gasteiger partial charge in [-0.25, -0.2) is 0 Å². The van der Waals surface area contributed by atoms with Crippen molar-refractivity contribution in [3.63, 3.8) is 0 Å². The topological polar surface area (TPSA) is 63.8 Å². The van der Waals surface area contributed by atoms with E-state index >= 15 is 0 Å². The monoisotopic (exact) mass is 352 g/mol. The fourth-order valence-corrected chi connectivity index (χ4v) is 3.55. The van der Waals surface area contributed by atoms with Gasteiger partial charge < -0.3 is 24.1 Å². The zero-order valence-electron chi connectivity index (χ0n) is 15.0. The summed E-state index contributed by atoms with van der Waals surface area (Å²) in [5, 5.41) is 0.829. The highest BCUT2D eigenvalue weighted by molar-refractivity contribution is 6.09. The number of rotatable bonds is 4. The molecule has 0 atom stereocenters. The molecule has 1 aliphatic rings. The molecule has 0 saturated heterocycles. The Hall–Kier alpha value is -3.15. The summed E-state index contributed by atoms with van der Waals surface area (Å²) in [7, 11) is 4.70. The van der Waals surface area contributed by atoms with E-state index in [-0.39, 0.29) is 5.91 Å². The summed E-state index contributed by atoms with van der Waals surface area (Å²) in [6.45, 7) is 0.678. The van der Waals surface area contributed by atoms with E-state index in [1.807, 2.05) is 30.3 Å². The van der Waals surface area contributed by atoms with E-state index in [2.05, 4.69) is 11.1 Å². The number of anilines is 1. The second-order valence-electron chi connectivity index (χ2n) is 6.13. The van der Waals surface area contributed by atoms with E-state index in [1.54, 1.807) is 26.2 Å². The summed E-state index contributed by atoms with van der Waals surface area (Å²) < 4.78 is 16.3.